The van der Waals surface area contributed by atoms with Gasteiger partial charge in [0.2, 0.25) is 0 Å². The normalized spacial score (nSPS) is 3.60. The van der Waals surface area contributed by atoms with Crippen molar-refractivity contribution < 1.29 is 0 Å². The number of hydrogen-bond donors (Lipinski definition) is 1. The van der Waals surface area contributed by atoms with E-state index in [9.17, 15) is 0 Å². The molecule has 0 aromatic rings. The van der Waals surface area contributed by atoms with E-state index in [4.69, 9.17) is 0 Å². The molecule has 0 radical (unpaired) electrons. The Bertz CT molecular complexity index is 11.1. The molecule has 0 aromatic heterocycles. The first kappa shape index (κ1) is 8.82. The minimum absolute atomic E-state index is 1.25. The minimum Gasteiger partial charge on any atom is -0.405 e. The highest BCUT2D eigenvalue weighted by atomic mass is 14.5. The first-order chi connectivity index (χ1) is 2.41. The molecule has 0 spiro atoms. The SMILES string of the molecule is C=CN.CC. The lowest BCUT2D eigenvalue weighted by Crippen LogP contribution is -1.67. The summed E-state index contributed by atoms with van der Waals surface area (Å²) in [5.74, 6) is 0. The Balaban J connectivity index is 0. The lowest BCUT2D eigenvalue weighted by Gasteiger charge is -1.40. The molecule has 1 nitrogen and oxygen atoms in total. The smallest absolute Gasteiger partial charge is 0.0136 e. The molecular weight excluding hydrogens is 62.1 g/mol. The van der Waals surface area contributed by atoms with Crippen molar-refractivity contribution in [3.05, 3.63) is 12.8 Å². The van der Waals surface area contributed by atoms with Crippen LogP contribution >= 0.6 is 0 Å². The van der Waals surface area contributed by atoms with Crippen molar-refractivity contribution in [1.29, 1.82) is 0 Å². The monoisotopic (exact) mass is 73.1 g/mol. The van der Waals surface area contributed by atoms with E-state index < -0.39 is 0 Å². The van der Waals surface area contributed by atoms with E-state index in [1.54, 1.807) is 0 Å². The first-order valence-corrected chi connectivity index (χ1v) is 1.74. The molecule has 0 heterocycles. The maximum absolute atomic E-state index is 4.61. The molecule has 0 bridgehead atoms. The maximum Gasteiger partial charge on any atom is -0.0136 e. The Morgan fingerprint density at radius 1 is 1.60 bits per heavy atom. The molecule has 0 unspecified atom stereocenters. The fourth-order valence-corrected chi connectivity index (χ4v) is 0. The van der Waals surface area contributed by atoms with Gasteiger partial charge in [0.1, 0.15) is 0 Å². The van der Waals surface area contributed by atoms with E-state index in [0.29, 0.717) is 0 Å². The Morgan fingerprint density at radius 2 is 1.60 bits per heavy atom. The molecule has 1 heteroatoms. The summed E-state index contributed by atoms with van der Waals surface area (Å²) in [6.45, 7) is 7.14. The molecule has 0 aliphatic heterocycles. The average molecular weight is 73.1 g/mol. The van der Waals surface area contributed by atoms with Crippen molar-refractivity contribution in [2.75, 3.05) is 0 Å². The van der Waals surface area contributed by atoms with Gasteiger partial charge in [0.15, 0.2) is 0 Å². The molecule has 0 saturated carbocycles. The molecule has 0 aromatic carbocycles. The van der Waals surface area contributed by atoms with E-state index in [-0.39, 0.29) is 0 Å². The molecule has 0 atom stereocenters. The topological polar surface area (TPSA) is 26.0 Å². The van der Waals surface area contributed by atoms with Gasteiger partial charge in [-0.3, -0.25) is 0 Å². The van der Waals surface area contributed by atoms with E-state index in [1.807, 2.05) is 13.8 Å². The van der Waals surface area contributed by atoms with E-state index in [2.05, 4.69) is 12.3 Å². The van der Waals surface area contributed by atoms with E-state index in [0.717, 1.165) is 0 Å². The third kappa shape index (κ3) is 39.7. The highest BCUT2D eigenvalue weighted by molar-refractivity contribution is 4.48. The van der Waals surface area contributed by atoms with Crippen LogP contribution in [0.15, 0.2) is 12.8 Å². The summed E-state index contributed by atoms with van der Waals surface area (Å²) >= 11 is 0. The van der Waals surface area contributed by atoms with Crippen LogP contribution in [-0.2, 0) is 0 Å². The van der Waals surface area contributed by atoms with Gasteiger partial charge in [0, 0.05) is 0 Å². The summed E-state index contributed by atoms with van der Waals surface area (Å²) < 4.78 is 0. The van der Waals surface area contributed by atoms with Crippen LogP contribution in [-0.4, -0.2) is 0 Å². The van der Waals surface area contributed by atoms with Gasteiger partial charge >= 0.3 is 0 Å². The molecule has 32 valence electrons. The predicted octanol–water partition coefficient (Wildman–Crippen LogP) is 1.11. The zero-order valence-electron chi connectivity index (χ0n) is 3.86. The van der Waals surface area contributed by atoms with Crippen molar-refractivity contribution in [2.45, 2.75) is 13.8 Å². The Kier molecular flexibility index (Phi) is 138. The van der Waals surface area contributed by atoms with Gasteiger partial charge in [-0.05, 0) is 6.20 Å². The standard InChI is InChI=1S/C2H5N.C2H6/c1-2-3;1-2/h2H,1,3H2;1-2H3. The number of nitrogens with two attached hydrogens (primary N) is 1. The van der Waals surface area contributed by atoms with Crippen molar-refractivity contribution in [1.82, 2.24) is 0 Å². The van der Waals surface area contributed by atoms with Gasteiger partial charge in [-0.2, -0.15) is 0 Å². The van der Waals surface area contributed by atoms with Crippen LogP contribution < -0.4 is 5.73 Å². The van der Waals surface area contributed by atoms with Crippen molar-refractivity contribution in [3.8, 4) is 0 Å². The lowest BCUT2D eigenvalue weighted by molar-refractivity contribution is 1.50. The predicted molar refractivity (Wildman–Crippen MR) is 25.7 cm³/mol. The molecule has 0 amide bonds. The molecular formula is C4H11N. The highest BCUT2D eigenvalue weighted by Crippen LogP contribution is 1.14. The Hall–Kier alpha value is -0.460. The molecule has 2 N–H and O–H groups in total. The van der Waals surface area contributed by atoms with Gasteiger partial charge < -0.3 is 5.73 Å². The fraction of sp³-hybridized carbons (Fsp3) is 0.500. The zero-order valence-corrected chi connectivity index (χ0v) is 3.86. The van der Waals surface area contributed by atoms with Crippen LogP contribution in [0.5, 0.6) is 0 Å². The molecule has 0 aliphatic rings. The lowest BCUT2D eigenvalue weighted by atomic mass is 11.0. The van der Waals surface area contributed by atoms with Crippen LogP contribution in [0.1, 0.15) is 13.8 Å². The van der Waals surface area contributed by atoms with E-state index >= 15 is 0 Å². The van der Waals surface area contributed by atoms with Gasteiger partial charge in [0.05, 0.1) is 0 Å². The summed E-state index contributed by atoms with van der Waals surface area (Å²) in [6.07, 6.45) is 1.25. The van der Waals surface area contributed by atoms with Gasteiger partial charge in [-0.15, -0.1) is 0 Å². The Morgan fingerprint density at radius 3 is 1.60 bits per heavy atom. The van der Waals surface area contributed by atoms with Crippen molar-refractivity contribution in [3.63, 3.8) is 0 Å². The quantitative estimate of drug-likeness (QED) is 0.456. The van der Waals surface area contributed by atoms with Crippen molar-refractivity contribution in [2.24, 2.45) is 5.73 Å². The van der Waals surface area contributed by atoms with Crippen LogP contribution in [0.25, 0.3) is 0 Å². The van der Waals surface area contributed by atoms with Crippen LogP contribution in [0, 0.1) is 0 Å². The van der Waals surface area contributed by atoms with Crippen LogP contribution in [0.4, 0.5) is 0 Å². The summed E-state index contributed by atoms with van der Waals surface area (Å²) in [4.78, 5) is 0. The number of rotatable bonds is 0. The molecule has 5 heavy (non-hydrogen) atoms. The second-order valence-electron chi connectivity index (χ2n) is 0.236. The molecule has 0 saturated heterocycles. The highest BCUT2D eigenvalue weighted by Gasteiger charge is 1.09. The second-order valence-corrected chi connectivity index (χ2v) is 0.236. The minimum atomic E-state index is 1.25. The summed E-state index contributed by atoms with van der Waals surface area (Å²) in [5.41, 5.74) is 4.61. The average Bonchev–Trinajstić information content (AvgIpc) is 1.46. The maximum atomic E-state index is 4.61. The van der Waals surface area contributed by atoms with E-state index in [1.165, 1.54) is 6.20 Å². The number of hydrogen-bond acceptors (Lipinski definition) is 1. The summed E-state index contributed by atoms with van der Waals surface area (Å²) in [6, 6.07) is 0. The second kappa shape index (κ2) is 78.3. The zero-order chi connectivity index (χ0) is 4.71. The van der Waals surface area contributed by atoms with Crippen LogP contribution in [0.2, 0.25) is 0 Å². The van der Waals surface area contributed by atoms with Gasteiger partial charge in [0.25, 0.3) is 0 Å². The van der Waals surface area contributed by atoms with Gasteiger partial charge in [-0.1, -0.05) is 20.4 Å². The summed E-state index contributed by atoms with van der Waals surface area (Å²) in [5, 5.41) is 0. The first-order valence-electron chi connectivity index (χ1n) is 1.74. The molecule has 0 aliphatic carbocycles. The fourth-order valence-electron chi connectivity index (χ4n) is 0. The van der Waals surface area contributed by atoms with Gasteiger partial charge in [-0.25, -0.2) is 0 Å². The molecule has 0 rings (SSSR count). The van der Waals surface area contributed by atoms with Crippen LogP contribution in [0.3, 0.4) is 0 Å². The third-order valence-electron chi connectivity index (χ3n) is 0. The summed E-state index contributed by atoms with van der Waals surface area (Å²) in [7, 11) is 0. The largest absolute Gasteiger partial charge is 0.405 e. The van der Waals surface area contributed by atoms with Crippen molar-refractivity contribution >= 4 is 0 Å². The third-order valence-corrected chi connectivity index (χ3v) is 0. The molecule has 0 fully saturated rings. The Labute approximate surface area is 33.5 Å².